The van der Waals surface area contributed by atoms with Crippen LogP contribution in [0.25, 0.3) is 22.2 Å². The second-order valence-electron chi connectivity index (χ2n) is 6.84. The van der Waals surface area contributed by atoms with Gasteiger partial charge in [0.15, 0.2) is 0 Å². The van der Waals surface area contributed by atoms with Crippen LogP contribution < -0.4 is 10.6 Å². The molecular formula is C22H23N3O2. The summed E-state index contributed by atoms with van der Waals surface area (Å²) in [5.41, 5.74) is 4.08. The van der Waals surface area contributed by atoms with Crippen molar-refractivity contribution in [3.8, 4) is 11.3 Å². The second kappa shape index (κ2) is 7.99. The minimum Gasteiger partial charge on any atom is -0.352 e. The molecule has 0 unspecified atom stereocenters. The number of nitrogens with one attached hydrogen (secondary N) is 2. The summed E-state index contributed by atoms with van der Waals surface area (Å²) in [5, 5.41) is 6.23. The van der Waals surface area contributed by atoms with E-state index in [-0.39, 0.29) is 24.4 Å². The van der Waals surface area contributed by atoms with Crippen molar-refractivity contribution in [3.63, 3.8) is 0 Å². The highest BCUT2D eigenvalue weighted by Gasteiger charge is 2.15. The average molecular weight is 361 g/mol. The number of carbonyl (C=O) groups excluding carboxylic acids is 2. The molecule has 0 aliphatic carbocycles. The summed E-state index contributed by atoms with van der Waals surface area (Å²) >= 11 is 0. The van der Waals surface area contributed by atoms with Gasteiger partial charge < -0.3 is 10.6 Å². The fourth-order valence-corrected chi connectivity index (χ4v) is 2.86. The van der Waals surface area contributed by atoms with Crippen LogP contribution in [0, 0.1) is 6.92 Å². The van der Waals surface area contributed by atoms with Crippen LogP contribution in [-0.4, -0.2) is 29.4 Å². The number of aromatic nitrogens is 1. The zero-order valence-corrected chi connectivity index (χ0v) is 15.7. The number of pyridine rings is 1. The van der Waals surface area contributed by atoms with Crippen molar-refractivity contribution < 1.29 is 9.59 Å². The lowest BCUT2D eigenvalue weighted by atomic mass is 10.0. The molecule has 0 fully saturated rings. The Hall–Kier alpha value is -3.21. The molecule has 0 aliphatic heterocycles. The lowest BCUT2D eigenvalue weighted by Gasteiger charge is -2.12. The van der Waals surface area contributed by atoms with Crippen molar-refractivity contribution in [1.29, 1.82) is 0 Å². The highest BCUT2D eigenvalue weighted by atomic mass is 16.2. The first-order valence-corrected chi connectivity index (χ1v) is 8.98. The molecule has 138 valence electrons. The molecule has 3 aromatic rings. The Morgan fingerprint density at radius 1 is 1.04 bits per heavy atom. The summed E-state index contributed by atoms with van der Waals surface area (Å²) in [4.78, 5) is 29.3. The van der Waals surface area contributed by atoms with Crippen LogP contribution in [0.5, 0.6) is 0 Å². The monoisotopic (exact) mass is 361 g/mol. The molecule has 1 aromatic heterocycles. The Kier molecular flexibility index (Phi) is 5.50. The van der Waals surface area contributed by atoms with Gasteiger partial charge in [-0.3, -0.25) is 9.59 Å². The van der Waals surface area contributed by atoms with E-state index in [0.717, 1.165) is 27.7 Å². The molecular weight excluding hydrogens is 338 g/mol. The van der Waals surface area contributed by atoms with E-state index in [1.807, 2.05) is 69.3 Å². The molecule has 2 aromatic carbocycles. The number of hydrogen-bond acceptors (Lipinski definition) is 3. The van der Waals surface area contributed by atoms with E-state index in [9.17, 15) is 9.59 Å². The van der Waals surface area contributed by atoms with Crippen molar-refractivity contribution >= 4 is 22.7 Å². The van der Waals surface area contributed by atoms with Crippen LogP contribution in [0.1, 0.15) is 29.8 Å². The maximum atomic E-state index is 12.8. The predicted molar refractivity (Wildman–Crippen MR) is 108 cm³/mol. The van der Waals surface area contributed by atoms with Crippen molar-refractivity contribution in [2.24, 2.45) is 0 Å². The number of benzene rings is 2. The first kappa shape index (κ1) is 18.6. The van der Waals surface area contributed by atoms with Crippen molar-refractivity contribution in [3.05, 3.63) is 65.7 Å². The van der Waals surface area contributed by atoms with Crippen LogP contribution in [0.15, 0.2) is 54.6 Å². The van der Waals surface area contributed by atoms with Gasteiger partial charge in [-0.2, -0.15) is 0 Å². The quantitative estimate of drug-likeness (QED) is 0.731. The van der Waals surface area contributed by atoms with Gasteiger partial charge in [0.05, 0.1) is 23.3 Å². The Bertz CT molecular complexity index is 979. The van der Waals surface area contributed by atoms with Gasteiger partial charge in [0, 0.05) is 17.0 Å². The van der Waals surface area contributed by atoms with Gasteiger partial charge in [0.1, 0.15) is 0 Å². The Balaban J connectivity index is 1.94. The molecule has 1 heterocycles. The largest absolute Gasteiger partial charge is 0.352 e. The first-order valence-electron chi connectivity index (χ1n) is 8.98. The number of para-hydroxylation sites is 1. The SMILES string of the molecule is Cc1ccc(-c2cc(C(=O)NCC(=O)NC(C)C)c3ccccc3n2)cc1. The van der Waals surface area contributed by atoms with Crippen LogP contribution in [0.4, 0.5) is 0 Å². The highest BCUT2D eigenvalue weighted by molar-refractivity contribution is 6.08. The summed E-state index contributed by atoms with van der Waals surface area (Å²) in [6.07, 6.45) is 0. The van der Waals surface area contributed by atoms with Crippen LogP contribution in [0.3, 0.4) is 0 Å². The Labute approximate surface area is 158 Å². The molecule has 0 spiro atoms. The van der Waals surface area contributed by atoms with E-state index in [4.69, 9.17) is 4.98 Å². The van der Waals surface area contributed by atoms with E-state index in [2.05, 4.69) is 10.6 Å². The Morgan fingerprint density at radius 3 is 2.44 bits per heavy atom. The van der Waals surface area contributed by atoms with Crippen LogP contribution in [-0.2, 0) is 4.79 Å². The molecule has 0 atom stereocenters. The van der Waals surface area contributed by atoms with E-state index in [0.29, 0.717) is 5.56 Å². The summed E-state index contributed by atoms with van der Waals surface area (Å²) in [5.74, 6) is -0.503. The van der Waals surface area contributed by atoms with Gasteiger partial charge in [-0.1, -0.05) is 48.0 Å². The summed E-state index contributed by atoms with van der Waals surface area (Å²) < 4.78 is 0. The lowest BCUT2D eigenvalue weighted by Crippen LogP contribution is -2.39. The highest BCUT2D eigenvalue weighted by Crippen LogP contribution is 2.25. The molecule has 0 radical (unpaired) electrons. The molecule has 2 N–H and O–H groups in total. The number of hydrogen-bond donors (Lipinski definition) is 2. The van der Waals surface area contributed by atoms with Crippen LogP contribution in [0.2, 0.25) is 0 Å². The zero-order chi connectivity index (χ0) is 19.4. The van der Waals surface area contributed by atoms with E-state index < -0.39 is 0 Å². The third-order valence-electron chi connectivity index (χ3n) is 4.17. The van der Waals surface area contributed by atoms with Gasteiger partial charge in [-0.05, 0) is 32.9 Å². The number of carbonyl (C=O) groups is 2. The number of nitrogens with zero attached hydrogens (tertiary/aromatic N) is 1. The smallest absolute Gasteiger partial charge is 0.252 e. The molecule has 5 nitrogen and oxygen atoms in total. The van der Waals surface area contributed by atoms with Gasteiger partial charge in [-0.15, -0.1) is 0 Å². The van der Waals surface area contributed by atoms with E-state index in [1.165, 1.54) is 0 Å². The lowest BCUT2D eigenvalue weighted by molar-refractivity contribution is -0.120. The van der Waals surface area contributed by atoms with E-state index >= 15 is 0 Å². The summed E-state index contributed by atoms with van der Waals surface area (Å²) in [7, 11) is 0. The molecule has 3 rings (SSSR count). The molecule has 0 saturated heterocycles. The molecule has 0 saturated carbocycles. The van der Waals surface area contributed by atoms with Crippen molar-refractivity contribution in [1.82, 2.24) is 15.6 Å². The van der Waals surface area contributed by atoms with Gasteiger partial charge in [0.25, 0.3) is 5.91 Å². The minimum absolute atomic E-state index is 0.0318. The number of rotatable bonds is 5. The fourth-order valence-electron chi connectivity index (χ4n) is 2.86. The standard InChI is InChI=1S/C22H23N3O2/c1-14(2)24-21(26)13-23-22(27)18-12-20(16-10-8-15(3)9-11-16)25-19-7-5-4-6-17(18)19/h4-12,14H,13H2,1-3H3,(H,23,27)(H,24,26). The van der Waals surface area contributed by atoms with Crippen LogP contribution >= 0.6 is 0 Å². The molecule has 5 heteroatoms. The van der Waals surface area contributed by atoms with Gasteiger partial charge in [0.2, 0.25) is 5.91 Å². The number of amides is 2. The topological polar surface area (TPSA) is 71.1 Å². The third kappa shape index (κ3) is 4.50. The van der Waals surface area contributed by atoms with Crippen molar-refractivity contribution in [2.75, 3.05) is 6.54 Å². The van der Waals surface area contributed by atoms with E-state index in [1.54, 1.807) is 6.07 Å². The maximum absolute atomic E-state index is 12.8. The van der Waals surface area contributed by atoms with Gasteiger partial charge >= 0.3 is 0 Å². The molecule has 27 heavy (non-hydrogen) atoms. The first-order chi connectivity index (χ1) is 12.9. The number of fused-ring (bicyclic) bond motifs is 1. The van der Waals surface area contributed by atoms with Gasteiger partial charge in [-0.25, -0.2) is 4.98 Å². The third-order valence-corrected chi connectivity index (χ3v) is 4.17. The fraction of sp³-hybridized carbons (Fsp3) is 0.227. The molecule has 0 bridgehead atoms. The summed E-state index contributed by atoms with van der Waals surface area (Å²) in [6.45, 7) is 5.72. The maximum Gasteiger partial charge on any atom is 0.252 e. The summed E-state index contributed by atoms with van der Waals surface area (Å²) in [6, 6.07) is 17.3. The minimum atomic E-state index is -0.291. The molecule has 0 aliphatic rings. The predicted octanol–water partition coefficient (Wildman–Crippen LogP) is 3.46. The zero-order valence-electron chi connectivity index (χ0n) is 15.7. The number of aryl methyl sites for hydroxylation is 1. The molecule has 2 amide bonds. The van der Waals surface area contributed by atoms with Crippen molar-refractivity contribution in [2.45, 2.75) is 26.8 Å². The normalized spacial score (nSPS) is 10.8. The Morgan fingerprint density at radius 2 is 1.74 bits per heavy atom. The second-order valence-corrected chi connectivity index (χ2v) is 6.84. The average Bonchev–Trinajstić information content (AvgIpc) is 2.65.